The van der Waals surface area contributed by atoms with Gasteiger partial charge >= 0.3 is 0 Å². The first-order valence-corrected chi connectivity index (χ1v) is 5.71. The number of rotatable bonds is 3. The van der Waals surface area contributed by atoms with E-state index < -0.39 is 0 Å². The molecule has 0 amide bonds. The van der Waals surface area contributed by atoms with Crippen LogP contribution in [0.5, 0.6) is 0 Å². The van der Waals surface area contributed by atoms with Crippen molar-refractivity contribution in [1.82, 2.24) is 10.2 Å². The average Bonchev–Trinajstić information content (AvgIpc) is 2.19. The summed E-state index contributed by atoms with van der Waals surface area (Å²) in [6, 6.07) is 0. The number of hydrogen-bond donors (Lipinski definition) is 1. The summed E-state index contributed by atoms with van der Waals surface area (Å²) >= 11 is 5.22. The standard InChI is InChI=1S/C10H20N2OS/c1-3-11-10(14)12(2)7-9-5-4-6-13-8-9/h9H,3-8H2,1-2H3,(H,11,14). The van der Waals surface area contributed by atoms with Gasteiger partial charge in [-0.3, -0.25) is 0 Å². The maximum absolute atomic E-state index is 5.43. The zero-order valence-electron chi connectivity index (χ0n) is 9.08. The molecule has 1 atom stereocenters. The molecule has 0 aromatic rings. The molecule has 1 fully saturated rings. The Morgan fingerprint density at radius 3 is 3.00 bits per heavy atom. The Kier molecular flexibility index (Phi) is 5.19. The van der Waals surface area contributed by atoms with E-state index in [0.29, 0.717) is 5.92 Å². The molecule has 4 heteroatoms. The van der Waals surface area contributed by atoms with Crippen molar-refractivity contribution in [2.75, 3.05) is 33.4 Å². The summed E-state index contributed by atoms with van der Waals surface area (Å²) in [6.07, 6.45) is 2.45. The van der Waals surface area contributed by atoms with E-state index in [9.17, 15) is 0 Å². The summed E-state index contributed by atoms with van der Waals surface area (Å²) in [5.41, 5.74) is 0. The van der Waals surface area contributed by atoms with Crippen LogP contribution in [-0.4, -0.2) is 43.4 Å². The van der Waals surface area contributed by atoms with Crippen molar-refractivity contribution in [2.45, 2.75) is 19.8 Å². The van der Waals surface area contributed by atoms with E-state index in [-0.39, 0.29) is 0 Å². The summed E-state index contributed by atoms with van der Waals surface area (Å²) in [5.74, 6) is 0.644. The lowest BCUT2D eigenvalue weighted by Crippen LogP contribution is -2.41. The topological polar surface area (TPSA) is 24.5 Å². The number of hydrogen-bond acceptors (Lipinski definition) is 2. The van der Waals surface area contributed by atoms with E-state index in [2.05, 4.69) is 17.1 Å². The Morgan fingerprint density at radius 2 is 2.43 bits per heavy atom. The zero-order valence-corrected chi connectivity index (χ0v) is 9.90. The third kappa shape index (κ3) is 3.80. The summed E-state index contributed by atoms with van der Waals surface area (Å²) in [5, 5.41) is 4.00. The largest absolute Gasteiger partial charge is 0.381 e. The normalized spacial score (nSPS) is 21.7. The van der Waals surface area contributed by atoms with Gasteiger partial charge in [-0.1, -0.05) is 0 Å². The van der Waals surface area contributed by atoms with Crippen LogP contribution >= 0.6 is 12.2 Å². The molecule has 0 radical (unpaired) electrons. The van der Waals surface area contributed by atoms with E-state index in [4.69, 9.17) is 17.0 Å². The molecule has 0 aromatic heterocycles. The zero-order chi connectivity index (χ0) is 10.4. The van der Waals surface area contributed by atoms with Crippen LogP contribution in [0.25, 0.3) is 0 Å². The number of thiocarbonyl (C=S) groups is 1. The molecule has 0 spiro atoms. The van der Waals surface area contributed by atoms with Gasteiger partial charge in [0.05, 0.1) is 6.61 Å². The van der Waals surface area contributed by atoms with Gasteiger partial charge in [0.2, 0.25) is 0 Å². The first-order valence-electron chi connectivity index (χ1n) is 5.30. The molecule has 1 heterocycles. The summed E-state index contributed by atoms with van der Waals surface area (Å²) in [4.78, 5) is 2.11. The molecule has 1 rings (SSSR count). The van der Waals surface area contributed by atoms with Gasteiger partial charge in [0.25, 0.3) is 0 Å². The second-order valence-electron chi connectivity index (χ2n) is 3.80. The molecule has 3 nitrogen and oxygen atoms in total. The minimum Gasteiger partial charge on any atom is -0.381 e. The minimum absolute atomic E-state index is 0.644. The van der Waals surface area contributed by atoms with Gasteiger partial charge < -0.3 is 15.0 Å². The lowest BCUT2D eigenvalue weighted by atomic mass is 10.0. The van der Waals surface area contributed by atoms with Crippen molar-refractivity contribution in [3.8, 4) is 0 Å². The fourth-order valence-electron chi connectivity index (χ4n) is 1.71. The van der Waals surface area contributed by atoms with E-state index in [1.165, 1.54) is 12.8 Å². The molecule has 1 aliphatic heterocycles. The Labute approximate surface area is 91.8 Å². The maximum Gasteiger partial charge on any atom is 0.168 e. The van der Waals surface area contributed by atoms with Crippen molar-refractivity contribution < 1.29 is 4.74 Å². The maximum atomic E-state index is 5.43. The molecule has 0 aliphatic carbocycles. The SMILES string of the molecule is CCNC(=S)N(C)CC1CCCOC1. The highest BCUT2D eigenvalue weighted by atomic mass is 32.1. The molecule has 82 valence electrons. The van der Waals surface area contributed by atoms with Gasteiger partial charge in [-0.2, -0.15) is 0 Å². The third-order valence-electron chi connectivity index (χ3n) is 2.46. The van der Waals surface area contributed by atoms with Crippen LogP contribution in [0, 0.1) is 5.92 Å². The van der Waals surface area contributed by atoms with Crippen LogP contribution in [0.3, 0.4) is 0 Å². The fraction of sp³-hybridized carbons (Fsp3) is 0.900. The Hall–Kier alpha value is -0.350. The van der Waals surface area contributed by atoms with Crippen molar-refractivity contribution in [3.05, 3.63) is 0 Å². The lowest BCUT2D eigenvalue weighted by molar-refractivity contribution is 0.0485. The molecule has 1 unspecified atom stereocenters. The van der Waals surface area contributed by atoms with Crippen LogP contribution in [0.4, 0.5) is 0 Å². The summed E-state index contributed by atoms with van der Waals surface area (Å²) < 4.78 is 5.43. The molecular formula is C10H20N2OS. The van der Waals surface area contributed by atoms with Gasteiger partial charge in [0.1, 0.15) is 0 Å². The van der Waals surface area contributed by atoms with Gasteiger partial charge in [-0.25, -0.2) is 0 Å². The number of ether oxygens (including phenoxy) is 1. The molecule has 0 saturated carbocycles. The van der Waals surface area contributed by atoms with Crippen LogP contribution < -0.4 is 5.32 Å². The van der Waals surface area contributed by atoms with Gasteiger partial charge in [0.15, 0.2) is 5.11 Å². The monoisotopic (exact) mass is 216 g/mol. The highest BCUT2D eigenvalue weighted by Crippen LogP contribution is 2.14. The van der Waals surface area contributed by atoms with Crippen LogP contribution in [0.1, 0.15) is 19.8 Å². The quantitative estimate of drug-likeness (QED) is 0.717. The van der Waals surface area contributed by atoms with E-state index >= 15 is 0 Å². The molecule has 14 heavy (non-hydrogen) atoms. The van der Waals surface area contributed by atoms with Gasteiger partial charge in [-0.15, -0.1) is 0 Å². The first-order chi connectivity index (χ1) is 6.74. The lowest BCUT2D eigenvalue weighted by Gasteiger charge is -2.28. The Morgan fingerprint density at radius 1 is 1.64 bits per heavy atom. The van der Waals surface area contributed by atoms with Gasteiger partial charge in [-0.05, 0) is 37.9 Å². The molecule has 1 saturated heterocycles. The predicted molar refractivity (Wildman–Crippen MR) is 62.4 cm³/mol. The number of nitrogens with one attached hydrogen (secondary N) is 1. The van der Waals surface area contributed by atoms with Crippen molar-refractivity contribution in [2.24, 2.45) is 5.92 Å². The molecule has 1 aliphatic rings. The van der Waals surface area contributed by atoms with Crippen LogP contribution in [-0.2, 0) is 4.74 Å². The molecule has 0 bridgehead atoms. The van der Waals surface area contributed by atoms with E-state index in [1.54, 1.807) is 0 Å². The summed E-state index contributed by atoms with van der Waals surface area (Å²) in [7, 11) is 2.04. The van der Waals surface area contributed by atoms with Crippen LogP contribution in [0.2, 0.25) is 0 Å². The third-order valence-corrected chi connectivity index (χ3v) is 2.92. The highest BCUT2D eigenvalue weighted by molar-refractivity contribution is 7.80. The second-order valence-corrected chi connectivity index (χ2v) is 4.19. The van der Waals surface area contributed by atoms with Crippen molar-refractivity contribution in [3.63, 3.8) is 0 Å². The first kappa shape index (κ1) is 11.7. The van der Waals surface area contributed by atoms with E-state index in [1.807, 2.05) is 7.05 Å². The second kappa shape index (κ2) is 6.19. The summed E-state index contributed by atoms with van der Waals surface area (Å²) in [6.45, 7) is 5.77. The smallest absolute Gasteiger partial charge is 0.168 e. The molecule has 1 N–H and O–H groups in total. The Balaban J connectivity index is 2.24. The fourth-order valence-corrected chi connectivity index (χ4v) is 1.93. The van der Waals surface area contributed by atoms with Crippen molar-refractivity contribution >= 4 is 17.3 Å². The molecular weight excluding hydrogens is 196 g/mol. The number of nitrogens with zero attached hydrogens (tertiary/aromatic N) is 1. The predicted octanol–water partition coefficient (Wildman–Crippen LogP) is 1.24. The highest BCUT2D eigenvalue weighted by Gasteiger charge is 2.16. The average molecular weight is 216 g/mol. The van der Waals surface area contributed by atoms with E-state index in [0.717, 1.165) is 31.4 Å². The minimum atomic E-state index is 0.644. The van der Waals surface area contributed by atoms with Gasteiger partial charge in [0, 0.05) is 26.7 Å². The Bertz CT molecular complexity index is 181. The van der Waals surface area contributed by atoms with Crippen LogP contribution in [0.15, 0.2) is 0 Å². The molecule has 0 aromatic carbocycles. The van der Waals surface area contributed by atoms with Crippen molar-refractivity contribution in [1.29, 1.82) is 0 Å².